The molecule has 22 heavy (non-hydrogen) atoms. The van der Waals surface area contributed by atoms with Crippen LogP contribution in [0.25, 0.3) is 5.52 Å². The summed E-state index contributed by atoms with van der Waals surface area (Å²) in [5.74, 6) is 0.599. The average Bonchev–Trinajstić information content (AvgIpc) is 2.98. The molecule has 2 aromatic heterocycles. The van der Waals surface area contributed by atoms with Gasteiger partial charge in [0.15, 0.2) is 0 Å². The third kappa shape index (κ3) is 2.26. The van der Waals surface area contributed by atoms with E-state index in [-0.39, 0.29) is 11.9 Å². The maximum Gasteiger partial charge on any atom is 0.253 e. The topological polar surface area (TPSA) is 60.5 Å². The van der Waals surface area contributed by atoms with Crippen molar-refractivity contribution in [2.24, 2.45) is 5.92 Å². The molecule has 0 aromatic carbocycles. The third-order valence-corrected chi connectivity index (χ3v) is 4.96. The van der Waals surface area contributed by atoms with Crippen LogP contribution in [0.3, 0.4) is 0 Å². The molecule has 0 aliphatic carbocycles. The standard InChI is InChI=1S/C17H18N4O/c18-8-12-7-15-2-1-14(10-21(15)9-12)17(22)19-16-11-20-5-3-13(16)4-6-20/h1-2,7,9-10,13,16H,3-6,11H2,(H,19,22). The Kier molecular flexibility index (Phi) is 3.12. The van der Waals surface area contributed by atoms with Crippen LogP contribution in [-0.4, -0.2) is 40.9 Å². The lowest BCUT2D eigenvalue weighted by Crippen LogP contribution is -2.57. The molecule has 5 heteroatoms. The fraction of sp³-hybridized carbons (Fsp3) is 0.412. The van der Waals surface area contributed by atoms with Crippen molar-refractivity contribution >= 4 is 11.4 Å². The molecule has 5 nitrogen and oxygen atoms in total. The second kappa shape index (κ2) is 5.15. The quantitative estimate of drug-likeness (QED) is 0.916. The monoisotopic (exact) mass is 294 g/mol. The number of fused-ring (bicyclic) bond motifs is 4. The van der Waals surface area contributed by atoms with Crippen molar-refractivity contribution in [2.75, 3.05) is 19.6 Å². The molecule has 3 saturated heterocycles. The van der Waals surface area contributed by atoms with Gasteiger partial charge >= 0.3 is 0 Å². The summed E-state index contributed by atoms with van der Waals surface area (Å²) in [4.78, 5) is 14.9. The number of hydrogen-bond acceptors (Lipinski definition) is 3. The zero-order chi connectivity index (χ0) is 15.1. The van der Waals surface area contributed by atoms with E-state index >= 15 is 0 Å². The van der Waals surface area contributed by atoms with E-state index in [1.54, 1.807) is 12.4 Å². The summed E-state index contributed by atoms with van der Waals surface area (Å²) < 4.78 is 1.84. The van der Waals surface area contributed by atoms with Crippen LogP contribution in [0.5, 0.6) is 0 Å². The van der Waals surface area contributed by atoms with Gasteiger partial charge in [0.05, 0.1) is 11.1 Å². The number of aromatic nitrogens is 1. The second-order valence-electron chi connectivity index (χ2n) is 6.31. The lowest BCUT2D eigenvalue weighted by atomic mass is 9.84. The predicted octanol–water partition coefficient (Wildman–Crippen LogP) is 1.63. The van der Waals surface area contributed by atoms with Gasteiger partial charge in [-0.1, -0.05) is 0 Å². The zero-order valence-electron chi connectivity index (χ0n) is 12.3. The molecule has 1 atom stereocenters. The first kappa shape index (κ1) is 13.4. The van der Waals surface area contributed by atoms with Crippen LogP contribution in [0.4, 0.5) is 0 Å². The summed E-state index contributed by atoms with van der Waals surface area (Å²) in [6, 6.07) is 7.91. The minimum atomic E-state index is -0.0205. The highest BCUT2D eigenvalue weighted by Crippen LogP contribution is 2.27. The van der Waals surface area contributed by atoms with Gasteiger partial charge in [-0.3, -0.25) is 4.79 Å². The maximum atomic E-state index is 12.5. The van der Waals surface area contributed by atoms with Crippen LogP contribution < -0.4 is 5.32 Å². The molecule has 0 spiro atoms. The van der Waals surface area contributed by atoms with Crippen molar-refractivity contribution in [3.63, 3.8) is 0 Å². The number of amides is 1. The third-order valence-electron chi connectivity index (χ3n) is 4.96. The van der Waals surface area contributed by atoms with Crippen molar-refractivity contribution in [3.05, 3.63) is 41.7 Å². The number of nitriles is 1. The molecule has 5 heterocycles. The fourth-order valence-corrected chi connectivity index (χ4v) is 3.69. The summed E-state index contributed by atoms with van der Waals surface area (Å²) in [6.07, 6.45) is 5.92. The van der Waals surface area contributed by atoms with E-state index in [4.69, 9.17) is 5.26 Å². The molecular weight excluding hydrogens is 276 g/mol. The van der Waals surface area contributed by atoms with Gasteiger partial charge in [0.2, 0.25) is 0 Å². The Bertz CT molecular complexity index is 765. The fourth-order valence-electron chi connectivity index (χ4n) is 3.69. The van der Waals surface area contributed by atoms with Crippen LogP contribution in [0.1, 0.15) is 28.8 Å². The SMILES string of the molecule is N#Cc1cc2ccc(C(=O)NC3CN4CCC3CC4)cn2c1. The Balaban J connectivity index is 1.54. The number of nitrogens with one attached hydrogen (secondary N) is 1. The molecule has 0 radical (unpaired) electrons. The first-order valence-corrected chi connectivity index (χ1v) is 7.78. The smallest absolute Gasteiger partial charge is 0.253 e. The molecule has 3 aliphatic rings. The van der Waals surface area contributed by atoms with Gasteiger partial charge < -0.3 is 14.6 Å². The van der Waals surface area contributed by atoms with E-state index in [0.717, 1.165) is 12.1 Å². The lowest BCUT2D eigenvalue weighted by molar-refractivity contribution is 0.0620. The number of hydrogen-bond donors (Lipinski definition) is 1. The summed E-state index contributed by atoms with van der Waals surface area (Å²) in [6.45, 7) is 3.31. The Morgan fingerprint density at radius 3 is 2.77 bits per heavy atom. The lowest BCUT2D eigenvalue weighted by Gasteiger charge is -2.44. The van der Waals surface area contributed by atoms with Crippen molar-refractivity contribution in [1.29, 1.82) is 5.26 Å². The number of pyridine rings is 1. The summed E-state index contributed by atoms with van der Waals surface area (Å²) >= 11 is 0. The van der Waals surface area contributed by atoms with Crippen LogP contribution >= 0.6 is 0 Å². The van der Waals surface area contributed by atoms with Crippen LogP contribution in [-0.2, 0) is 0 Å². The largest absolute Gasteiger partial charge is 0.348 e. The highest BCUT2D eigenvalue weighted by atomic mass is 16.1. The van der Waals surface area contributed by atoms with Crippen molar-refractivity contribution in [3.8, 4) is 6.07 Å². The molecule has 5 rings (SSSR count). The minimum Gasteiger partial charge on any atom is -0.348 e. The number of carbonyl (C=O) groups excluding carboxylic acids is 1. The van der Waals surface area contributed by atoms with Crippen molar-refractivity contribution < 1.29 is 4.79 Å². The molecule has 0 saturated carbocycles. The summed E-state index contributed by atoms with van der Waals surface area (Å²) in [5.41, 5.74) is 2.18. The number of rotatable bonds is 2. The van der Waals surface area contributed by atoms with Gasteiger partial charge in [-0.15, -0.1) is 0 Å². The molecule has 112 valence electrons. The average molecular weight is 294 g/mol. The molecule has 2 aromatic rings. The Morgan fingerprint density at radius 1 is 1.27 bits per heavy atom. The van der Waals surface area contributed by atoms with E-state index in [1.165, 1.54) is 25.9 Å². The van der Waals surface area contributed by atoms with Gasteiger partial charge in [-0.25, -0.2) is 0 Å². The minimum absolute atomic E-state index is 0.0205. The molecule has 1 N–H and O–H groups in total. The van der Waals surface area contributed by atoms with E-state index in [1.807, 2.05) is 22.6 Å². The summed E-state index contributed by atoms with van der Waals surface area (Å²) in [7, 11) is 0. The Morgan fingerprint density at radius 2 is 2.09 bits per heavy atom. The highest BCUT2D eigenvalue weighted by Gasteiger charge is 2.34. The number of nitrogens with zero attached hydrogens (tertiary/aromatic N) is 3. The van der Waals surface area contributed by atoms with E-state index < -0.39 is 0 Å². The van der Waals surface area contributed by atoms with Gasteiger partial charge in [-0.05, 0) is 50.0 Å². The van der Waals surface area contributed by atoms with Gasteiger partial charge in [-0.2, -0.15) is 5.26 Å². The van der Waals surface area contributed by atoms with E-state index in [9.17, 15) is 4.79 Å². The maximum absolute atomic E-state index is 12.5. The van der Waals surface area contributed by atoms with Crippen LogP contribution in [0.15, 0.2) is 30.6 Å². The number of piperidine rings is 3. The second-order valence-corrected chi connectivity index (χ2v) is 6.31. The van der Waals surface area contributed by atoms with Crippen LogP contribution in [0.2, 0.25) is 0 Å². The Hall–Kier alpha value is -2.32. The molecular formula is C17H18N4O. The van der Waals surface area contributed by atoms with Crippen molar-refractivity contribution in [1.82, 2.24) is 14.6 Å². The molecule has 1 amide bonds. The summed E-state index contributed by atoms with van der Waals surface area (Å²) in [5, 5.41) is 12.1. The highest BCUT2D eigenvalue weighted by molar-refractivity contribution is 5.94. The predicted molar refractivity (Wildman–Crippen MR) is 82.5 cm³/mol. The first-order chi connectivity index (χ1) is 10.7. The molecule has 1 unspecified atom stereocenters. The number of carbonyl (C=O) groups is 1. The van der Waals surface area contributed by atoms with Gasteiger partial charge in [0.25, 0.3) is 5.91 Å². The Labute approximate surface area is 129 Å². The normalized spacial score (nSPS) is 26.8. The van der Waals surface area contributed by atoms with Gasteiger partial charge in [0, 0.05) is 30.5 Å². The van der Waals surface area contributed by atoms with Crippen LogP contribution in [0, 0.1) is 17.2 Å². The molecule has 3 aliphatic heterocycles. The zero-order valence-corrected chi connectivity index (χ0v) is 12.3. The molecule has 3 fully saturated rings. The first-order valence-electron chi connectivity index (χ1n) is 7.78. The van der Waals surface area contributed by atoms with E-state index in [0.29, 0.717) is 17.0 Å². The molecule has 2 bridgehead atoms. The van der Waals surface area contributed by atoms with Crippen molar-refractivity contribution in [2.45, 2.75) is 18.9 Å². The van der Waals surface area contributed by atoms with E-state index in [2.05, 4.69) is 16.3 Å². The van der Waals surface area contributed by atoms with Gasteiger partial charge in [0.1, 0.15) is 6.07 Å².